The first-order valence-electron chi connectivity index (χ1n) is 8.82. The second kappa shape index (κ2) is 10.3. The third-order valence-electron chi connectivity index (χ3n) is 4.35. The Bertz CT molecular complexity index is 766. The van der Waals surface area contributed by atoms with Gasteiger partial charge in [-0.05, 0) is 25.0 Å². The van der Waals surface area contributed by atoms with E-state index in [4.69, 9.17) is 10.5 Å². The first-order valence-corrected chi connectivity index (χ1v) is 8.82. The van der Waals surface area contributed by atoms with Crippen molar-refractivity contribution in [2.24, 2.45) is 11.7 Å². The Morgan fingerprint density at radius 1 is 1.17 bits per heavy atom. The fraction of sp³-hybridized carbons (Fsp3) is 0.444. The van der Waals surface area contributed by atoms with Crippen LogP contribution < -0.4 is 15.8 Å². The fourth-order valence-electron chi connectivity index (χ4n) is 2.80. The van der Waals surface area contributed by atoms with Crippen molar-refractivity contribution in [2.45, 2.75) is 19.5 Å². The first kappa shape index (κ1) is 22.1. The molecular weight excluding hydrogens is 392 g/mol. The van der Waals surface area contributed by atoms with Crippen molar-refractivity contribution in [1.29, 1.82) is 0 Å². The standard InChI is InChI=1S/C18H21F2N3O6/c19-18(20)29-13-4-2-1-3-12(13)17(27)22-9-15(25)28-10-14(24)23-7-5-11(6-8-23)16(21)26/h1-4,11,18H,5-10H2,(H2,21,26)(H,22,27). The molecule has 1 aromatic rings. The number of ether oxygens (including phenoxy) is 2. The molecule has 2 rings (SSSR count). The highest BCUT2D eigenvalue weighted by Crippen LogP contribution is 2.20. The van der Waals surface area contributed by atoms with Crippen LogP contribution in [0.3, 0.4) is 0 Å². The van der Waals surface area contributed by atoms with Crippen LogP contribution in [0.2, 0.25) is 0 Å². The molecule has 0 aromatic heterocycles. The molecule has 0 radical (unpaired) electrons. The molecule has 0 unspecified atom stereocenters. The molecule has 11 heteroatoms. The molecule has 9 nitrogen and oxygen atoms in total. The van der Waals surface area contributed by atoms with Crippen LogP contribution in [0.25, 0.3) is 0 Å². The van der Waals surface area contributed by atoms with Crippen LogP contribution in [0.4, 0.5) is 8.78 Å². The number of para-hydroxylation sites is 1. The summed E-state index contributed by atoms with van der Waals surface area (Å²) in [4.78, 5) is 48.4. The Morgan fingerprint density at radius 3 is 2.45 bits per heavy atom. The highest BCUT2D eigenvalue weighted by molar-refractivity contribution is 5.98. The summed E-state index contributed by atoms with van der Waals surface area (Å²) in [6.45, 7) is -3.50. The maximum atomic E-state index is 12.4. The van der Waals surface area contributed by atoms with E-state index in [1.807, 2.05) is 0 Å². The van der Waals surface area contributed by atoms with Gasteiger partial charge < -0.3 is 25.4 Å². The van der Waals surface area contributed by atoms with Gasteiger partial charge in [-0.3, -0.25) is 19.2 Å². The van der Waals surface area contributed by atoms with Crippen LogP contribution in [-0.2, 0) is 19.1 Å². The van der Waals surface area contributed by atoms with Gasteiger partial charge in [-0.15, -0.1) is 0 Å². The van der Waals surface area contributed by atoms with Gasteiger partial charge in [-0.25, -0.2) is 0 Å². The average Bonchev–Trinajstić information content (AvgIpc) is 2.70. The van der Waals surface area contributed by atoms with Gasteiger partial charge in [0, 0.05) is 19.0 Å². The maximum absolute atomic E-state index is 12.4. The normalized spacial score (nSPS) is 14.4. The Labute approximate surface area is 165 Å². The molecule has 1 heterocycles. The Hall–Kier alpha value is -3.24. The third-order valence-corrected chi connectivity index (χ3v) is 4.35. The summed E-state index contributed by atoms with van der Waals surface area (Å²) in [5, 5.41) is 2.22. The Kier molecular flexibility index (Phi) is 7.87. The highest BCUT2D eigenvalue weighted by atomic mass is 19.3. The minimum Gasteiger partial charge on any atom is -0.454 e. The number of rotatable bonds is 8. The van der Waals surface area contributed by atoms with Crippen molar-refractivity contribution < 1.29 is 37.4 Å². The van der Waals surface area contributed by atoms with Crippen molar-refractivity contribution in [2.75, 3.05) is 26.2 Å². The number of carbonyl (C=O) groups excluding carboxylic acids is 4. The summed E-state index contributed by atoms with van der Waals surface area (Å²) < 4.78 is 33.8. The topological polar surface area (TPSA) is 128 Å². The zero-order valence-corrected chi connectivity index (χ0v) is 15.4. The molecule has 0 bridgehead atoms. The van der Waals surface area contributed by atoms with Crippen molar-refractivity contribution >= 4 is 23.7 Å². The molecule has 0 spiro atoms. The van der Waals surface area contributed by atoms with Crippen molar-refractivity contribution in [1.82, 2.24) is 10.2 Å². The van der Waals surface area contributed by atoms with Gasteiger partial charge in [0.25, 0.3) is 11.8 Å². The number of nitrogens with one attached hydrogen (secondary N) is 1. The Morgan fingerprint density at radius 2 is 1.83 bits per heavy atom. The molecule has 0 saturated carbocycles. The van der Waals surface area contributed by atoms with Crippen LogP contribution in [-0.4, -0.2) is 61.4 Å². The fourth-order valence-corrected chi connectivity index (χ4v) is 2.80. The van der Waals surface area contributed by atoms with E-state index < -0.39 is 43.5 Å². The maximum Gasteiger partial charge on any atom is 0.387 e. The lowest BCUT2D eigenvalue weighted by atomic mass is 9.96. The predicted octanol–water partition coefficient (Wildman–Crippen LogP) is 0.285. The molecule has 0 atom stereocenters. The van der Waals surface area contributed by atoms with E-state index >= 15 is 0 Å². The SMILES string of the molecule is NC(=O)C1CCN(C(=O)COC(=O)CNC(=O)c2ccccc2OC(F)F)CC1. The van der Waals surface area contributed by atoms with Gasteiger partial charge in [-0.2, -0.15) is 8.78 Å². The van der Waals surface area contributed by atoms with Crippen LogP contribution in [0, 0.1) is 5.92 Å². The molecular formula is C18H21F2N3O6. The number of nitrogens with zero attached hydrogens (tertiary/aromatic N) is 1. The number of alkyl halides is 2. The van der Waals surface area contributed by atoms with Crippen LogP contribution >= 0.6 is 0 Å². The number of esters is 1. The van der Waals surface area contributed by atoms with Crippen molar-refractivity contribution in [3.8, 4) is 5.75 Å². The van der Waals surface area contributed by atoms with Crippen molar-refractivity contribution in [3.63, 3.8) is 0 Å². The minimum absolute atomic E-state index is 0.172. The molecule has 3 N–H and O–H groups in total. The molecule has 1 aliphatic rings. The lowest BCUT2D eigenvalue weighted by Crippen LogP contribution is -2.43. The number of halogens is 2. The number of primary amides is 1. The first-order chi connectivity index (χ1) is 13.8. The van der Waals surface area contributed by atoms with Crippen molar-refractivity contribution in [3.05, 3.63) is 29.8 Å². The lowest BCUT2D eigenvalue weighted by molar-refractivity contribution is -0.151. The molecule has 0 aliphatic carbocycles. The van der Waals surface area contributed by atoms with E-state index in [1.165, 1.54) is 29.2 Å². The second-order valence-electron chi connectivity index (χ2n) is 6.28. The van der Waals surface area contributed by atoms with Crippen LogP contribution in [0.15, 0.2) is 24.3 Å². The van der Waals surface area contributed by atoms with Crippen LogP contribution in [0.5, 0.6) is 5.75 Å². The van der Waals surface area contributed by atoms with Gasteiger partial charge in [0.05, 0.1) is 5.56 Å². The van der Waals surface area contributed by atoms with E-state index in [0.29, 0.717) is 25.9 Å². The summed E-state index contributed by atoms with van der Waals surface area (Å²) >= 11 is 0. The van der Waals surface area contributed by atoms with E-state index in [1.54, 1.807) is 0 Å². The monoisotopic (exact) mass is 413 g/mol. The van der Waals surface area contributed by atoms with Gasteiger partial charge in [0.1, 0.15) is 12.3 Å². The van der Waals surface area contributed by atoms with E-state index in [2.05, 4.69) is 10.1 Å². The number of hydrogen-bond donors (Lipinski definition) is 2. The lowest BCUT2D eigenvalue weighted by Gasteiger charge is -2.30. The molecule has 29 heavy (non-hydrogen) atoms. The zero-order valence-electron chi connectivity index (χ0n) is 15.4. The number of amides is 3. The smallest absolute Gasteiger partial charge is 0.387 e. The Balaban J connectivity index is 1.75. The molecule has 3 amide bonds. The number of carbonyl (C=O) groups is 4. The molecule has 1 saturated heterocycles. The van der Waals surface area contributed by atoms with E-state index in [-0.39, 0.29) is 17.2 Å². The molecule has 158 valence electrons. The van der Waals surface area contributed by atoms with E-state index in [9.17, 15) is 28.0 Å². The highest BCUT2D eigenvalue weighted by Gasteiger charge is 2.26. The van der Waals surface area contributed by atoms with Gasteiger partial charge in [-0.1, -0.05) is 12.1 Å². The van der Waals surface area contributed by atoms with Gasteiger partial charge >= 0.3 is 12.6 Å². The summed E-state index contributed by atoms with van der Waals surface area (Å²) in [6, 6.07) is 5.32. The number of piperidine rings is 1. The number of likely N-dealkylation sites (tertiary alicyclic amines) is 1. The number of nitrogens with two attached hydrogens (primary N) is 1. The summed E-state index contributed by atoms with van der Waals surface area (Å²) in [5.41, 5.74) is 5.06. The molecule has 1 aliphatic heterocycles. The average molecular weight is 413 g/mol. The zero-order chi connectivity index (χ0) is 21.4. The van der Waals surface area contributed by atoms with Gasteiger partial charge in [0.2, 0.25) is 5.91 Å². The quantitative estimate of drug-likeness (QED) is 0.590. The molecule has 1 aromatic carbocycles. The minimum atomic E-state index is -3.10. The summed E-state index contributed by atoms with van der Waals surface area (Å²) in [5.74, 6) is -3.11. The summed E-state index contributed by atoms with van der Waals surface area (Å²) in [6.07, 6.45) is 0.899. The van der Waals surface area contributed by atoms with E-state index in [0.717, 1.165) is 0 Å². The largest absolute Gasteiger partial charge is 0.454 e. The number of hydrogen-bond acceptors (Lipinski definition) is 6. The van der Waals surface area contributed by atoms with Gasteiger partial charge in [0.15, 0.2) is 6.61 Å². The van der Waals surface area contributed by atoms with Crippen LogP contribution in [0.1, 0.15) is 23.2 Å². The second-order valence-corrected chi connectivity index (χ2v) is 6.28. The third kappa shape index (κ3) is 6.70. The number of benzene rings is 1. The molecule has 1 fully saturated rings. The predicted molar refractivity (Wildman–Crippen MR) is 94.9 cm³/mol. The summed E-state index contributed by atoms with van der Waals surface area (Å²) in [7, 11) is 0.